The largest absolute Gasteiger partial charge is 0.497 e. The fourth-order valence-corrected chi connectivity index (χ4v) is 1.70. The Morgan fingerprint density at radius 3 is 2.17 bits per heavy atom. The topological polar surface area (TPSA) is 93.5 Å². The summed E-state index contributed by atoms with van der Waals surface area (Å²) < 4.78 is 5.03. The van der Waals surface area contributed by atoms with Crippen LogP contribution in [0.5, 0.6) is 5.75 Å². The Bertz CT molecular complexity index is 630. The third-order valence-electron chi connectivity index (χ3n) is 2.92. The number of nitro benzene ring substituents is 1. The number of hydrogen-bond donors (Lipinski definition) is 2. The van der Waals surface area contributed by atoms with Gasteiger partial charge in [-0.05, 0) is 24.6 Å². The fourth-order valence-electron chi connectivity index (χ4n) is 1.70. The fraction of sp³-hybridized carbons (Fsp3) is 0.235. The highest BCUT2D eigenvalue weighted by Gasteiger charge is 1.99. The number of nitrogens with zero attached hydrogens (tertiary/aromatic N) is 1. The van der Waals surface area contributed by atoms with Crippen LogP contribution in [-0.2, 0) is 6.54 Å². The van der Waals surface area contributed by atoms with Crippen LogP contribution in [0.1, 0.15) is 12.5 Å². The van der Waals surface area contributed by atoms with Crippen LogP contribution in [0.25, 0.3) is 0 Å². The number of para-hydroxylation sites is 1. The zero-order valence-electron chi connectivity index (χ0n) is 13.7. The molecule has 0 saturated carbocycles. The second kappa shape index (κ2) is 10.6. The van der Waals surface area contributed by atoms with E-state index in [1.807, 2.05) is 31.2 Å². The van der Waals surface area contributed by atoms with Crippen LogP contribution in [0.2, 0.25) is 0 Å². The van der Waals surface area contributed by atoms with Crippen LogP contribution >= 0.6 is 0 Å². The quantitative estimate of drug-likeness (QED) is 0.650. The number of non-ortho nitro benzene ring substituents is 1. The van der Waals surface area contributed by atoms with Crippen molar-refractivity contribution in [2.75, 3.05) is 13.7 Å². The minimum absolute atomic E-state index is 0.137. The number of ether oxygens (including phenoxy) is 1. The second-order valence-corrected chi connectivity index (χ2v) is 4.65. The average molecular weight is 331 g/mol. The number of carbonyl (C=O) groups is 1. The molecule has 0 aliphatic heterocycles. The molecule has 7 heteroatoms. The molecule has 128 valence electrons. The van der Waals surface area contributed by atoms with Gasteiger partial charge >= 0.3 is 6.03 Å². The molecule has 0 spiro atoms. The van der Waals surface area contributed by atoms with Gasteiger partial charge in [-0.3, -0.25) is 10.1 Å². The molecular formula is C17H21N3O4. The molecule has 0 radical (unpaired) electrons. The number of nitro groups is 1. The van der Waals surface area contributed by atoms with Crippen LogP contribution in [0.3, 0.4) is 0 Å². The van der Waals surface area contributed by atoms with E-state index in [1.165, 1.54) is 12.1 Å². The Morgan fingerprint density at radius 1 is 1.08 bits per heavy atom. The van der Waals surface area contributed by atoms with Crippen molar-refractivity contribution in [2.24, 2.45) is 0 Å². The van der Waals surface area contributed by atoms with E-state index >= 15 is 0 Å². The summed E-state index contributed by atoms with van der Waals surface area (Å²) in [5, 5.41) is 15.4. The molecule has 24 heavy (non-hydrogen) atoms. The Balaban J connectivity index is 0.000000272. The third kappa shape index (κ3) is 7.26. The standard InChI is InChI=1S/C11H16N2O2.C6H5NO2/c1-3-12-11(14)13-8-9-4-6-10(15-2)7-5-9;8-7(9)6-4-2-1-3-5-6/h4-7H,3,8H2,1-2H3,(H2,12,13,14);1-5H. The van der Waals surface area contributed by atoms with Crippen molar-refractivity contribution >= 4 is 11.7 Å². The van der Waals surface area contributed by atoms with Crippen molar-refractivity contribution < 1.29 is 14.5 Å². The van der Waals surface area contributed by atoms with Gasteiger partial charge in [0, 0.05) is 25.2 Å². The van der Waals surface area contributed by atoms with Gasteiger partial charge in [0.1, 0.15) is 5.75 Å². The molecule has 0 fully saturated rings. The SMILES string of the molecule is CCNC(=O)NCc1ccc(OC)cc1.O=[N+]([O-])c1ccccc1. The zero-order chi connectivity index (χ0) is 17.8. The molecule has 0 saturated heterocycles. The van der Waals surface area contributed by atoms with E-state index < -0.39 is 4.92 Å². The summed E-state index contributed by atoms with van der Waals surface area (Å²) in [6.07, 6.45) is 0. The molecule has 0 aliphatic carbocycles. The number of methoxy groups -OCH3 is 1. The summed E-state index contributed by atoms with van der Waals surface area (Å²) in [6.45, 7) is 3.04. The Hall–Kier alpha value is -3.09. The molecule has 2 amide bonds. The molecule has 0 bridgehead atoms. The molecule has 7 nitrogen and oxygen atoms in total. The van der Waals surface area contributed by atoms with Gasteiger partial charge in [0.2, 0.25) is 0 Å². The highest BCUT2D eigenvalue weighted by Crippen LogP contribution is 2.10. The number of benzene rings is 2. The van der Waals surface area contributed by atoms with Crippen LogP contribution in [0, 0.1) is 10.1 Å². The van der Waals surface area contributed by atoms with Gasteiger partial charge < -0.3 is 15.4 Å². The molecule has 2 rings (SSSR count). The van der Waals surface area contributed by atoms with Crippen LogP contribution in [-0.4, -0.2) is 24.6 Å². The minimum atomic E-state index is -0.417. The van der Waals surface area contributed by atoms with Gasteiger partial charge in [-0.1, -0.05) is 30.3 Å². The maximum absolute atomic E-state index is 11.1. The molecule has 2 aromatic carbocycles. The maximum Gasteiger partial charge on any atom is 0.315 e. The monoisotopic (exact) mass is 331 g/mol. The summed E-state index contributed by atoms with van der Waals surface area (Å²) in [5.41, 5.74) is 1.18. The van der Waals surface area contributed by atoms with E-state index in [4.69, 9.17) is 4.74 Å². The molecule has 0 unspecified atom stereocenters. The van der Waals surface area contributed by atoms with Crippen LogP contribution in [0.15, 0.2) is 54.6 Å². The highest BCUT2D eigenvalue weighted by molar-refractivity contribution is 5.73. The average Bonchev–Trinajstić information content (AvgIpc) is 2.62. The van der Waals surface area contributed by atoms with E-state index in [9.17, 15) is 14.9 Å². The Labute approximate surface area is 140 Å². The number of nitrogens with one attached hydrogen (secondary N) is 2. The molecule has 0 aliphatic rings. The van der Waals surface area contributed by atoms with Gasteiger partial charge in [0.15, 0.2) is 0 Å². The van der Waals surface area contributed by atoms with Crippen molar-refractivity contribution in [3.63, 3.8) is 0 Å². The zero-order valence-corrected chi connectivity index (χ0v) is 13.7. The lowest BCUT2D eigenvalue weighted by atomic mass is 10.2. The Kier molecular flexibility index (Phi) is 8.38. The smallest absolute Gasteiger partial charge is 0.315 e. The van der Waals surface area contributed by atoms with Crippen LogP contribution < -0.4 is 15.4 Å². The highest BCUT2D eigenvalue weighted by atomic mass is 16.6. The first kappa shape index (κ1) is 19.0. The minimum Gasteiger partial charge on any atom is -0.497 e. The van der Waals surface area contributed by atoms with Crippen molar-refractivity contribution in [3.8, 4) is 5.75 Å². The molecular weight excluding hydrogens is 310 g/mol. The van der Waals surface area contributed by atoms with Gasteiger partial charge in [-0.25, -0.2) is 4.79 Å². The maximum atomic E-state index is 11.1. The van der Waals surface area contributed by atoms with Crippen molar-refractivity contribution in [1.82, 2.24) is 10.6 Å². The van der Waals surface area contributed by atoms with Crippen molar-refractivity contribution in [2.45, 2.75) is 13.5 Å². The number of urea groups is 1. The lowest BCUT2D eigenvalue weighted by molar-refractivity contribution is -0.384. The predicted molar refractivity (Wildman–Crippen MR) is 92.0 cm³/mol. The first-order valence-corrected chi connectivity index (χ1v) is 7.41. The van der Waals surface area contributed by atoms with E-state index in [0.717, 1.165) is 11.3 Å². The predicted octanol–water partition coefficient (Wildman–Crippen LogP) is 3.11. The molecule has 2 N–H and O–H groups in total. The van der Waals surface area contributed by atoms with Gasteiger partial charge in [0.05, 0.1) is 12.0 Å². The van der Waals surface area contributed by atoms with Crippen molar-refractivity contribution in [1.29, 1.82) is 0 Å². The normalized spacial score (nSPS) is 9.25. The number of amides is 2. The van der Waals surface area contributed by atoms with E-state index in [1.54, 1.807) is 25.3 Å². The summed E-state index contributed by atoms with van der Waals surface area (Å²) in [4.78, 5) is 20.7. The number of rotatable bonds is 5. The lowest BCUT2D eigenvalue weighted by Crippen LogP contribution is -2.34. The summed E-state index contributed by atoms with van der Waals surface area (Å²) in [5.74, 6) is 0.816. The van der Waals surface area contributed by atoms with E-state index in [2.05, 4.69) is 10.6 Å². The summed E-state index contributed by atoms with van der Waals surface area (Å²) in [7, 11) is 1.63. The molecule has 2 aromatic rings. The molecule has 0 atom stereocenters. The third-order valence-corrected chi connectivity index (χ3v) is 2.92. The lowest BCUT2D eigenvalue weighted by Gasteiger charge is -2.06. The van der Waals surface area contributed by atoms with Crippen molar-refractivity contribution in [3.05, 3.63) is 70.3 Å². The summed E-state index contributed by atoms with van der Waals surface area (Å²) in [6, 6.07) is 15.4. The molecule has 0 aromatic heterocycles. The van der Waals surface area contributed by atoms with Gasteiger partial charge in [-0.2, -0.15) is 0 Å². The van der Waals surface area contributed by atoms with Gasteiger partial charge in [0.25, 0.3) is 5.69 Å². The number of carbonyl (C=O) groups excluding carboxylic acids is 1. The first-order chi connectivity index (χ1) is 11.6. The number of hydrogen-bond acceptors (Lipinski definition) is 4. The Morgan fingerprint density at radius 2 is 1.71 bits per heavy atom. The molecule has 0 heterocycles. The van der Waals surface area contributed by atoms with Crippen LogP contribution in [0.4, 0.5) is 10.5 Å². The second-order valence-electron chi connectivity index (χ2n) is 4.65. The first-order valence-electron chi connectivity index (χ1n) is 7.41. The van der Waals surface area contributed by atoms with Gasteiger partial charge in [-0.15, -0.1) is 0 Å². The van der Waals surface area contributed by atoms with E-state index in [0.29, 0.717) is 13.1 Å². The summed E-state index contributed by atoms with van der Waals surface area (Å²) >= 11 is 0. The van der Waals surface area contributed by atoms with E-state index in [-0.39, 0.29) is 11.7 Å².